The number of aromatic nitrogens is 3. The molecular formula is C16H16ClN5OS. The van der Waals surface area contributed by atoms with E-state index < -0.39 is 0 Å². The Morgan fingerprint density at radius 1 is 1.17 bits per heavy atom. The predicted molar refractivity (Wildman–Crippen MR) is 94.6 cm³/mol. The second-order valence-electron chi connectivity index (χ2n) is 5.07. The summed E-state index contributed by atoms with van der Waals surface area (Å²) >= 11 is 7.41. The standard InChI is InChI=1S/C16H16ClN5OS/c17-15-6-5-14(24-15)7-8-19-16(23)20-9-12-1-3-13(4-2-12)22-11-18-10-21-22/h1-6,10-11H,7-9H2,(H2,19,20,23). The molecule has 0 saturated carbocycles. The van der Waals surface area contributed by atoms with Crippen LogP contribution in [0.15, 0.2) is 49.1 Å². The van der Waals surface area contributed by atoms with E-state index in [2.05, 4.69) is 20.7 Å². The van der Waals surface area contributed by atoms with E-state index in [1.54, 1.807) is 11.0 Å². The van der Waals surface area contributed by atoms with Gasteiger partial charge in [-0.3, -0.25) is 0 Å². The van der Waals surface area contributed by atoms with E-state index in [0.29, 0.717) is 13.1 Å². The number of rotatable bonds is 6. The minimum Gasteiger partial charge on any atom is -0.338 e. The highest BCUT2D eigenvalue weighted by Crippen LogP contribution is 2.21. The quantitative estimate of drug-likeness (QED) is 0.708. The van der Waals surface area contributed by atoms with Crippen molar-refractivity contribution in [3.05, 3.63) is 63.8 Å². The maximum Gasteiger partial charge on any atom is 0.315 e. The van der Waals surface area contributed by atoms with Crippen molar-refractivity contribution in [2.24, 2.45) is 0 Å². The van der Waals surface area contributed by atoms with E-state index in [0.717, 1.165) is 26.9 Å². The predicted octanol–water partition coefficient (Wildman–Crippen LogP) is 3.02. The zero-order valence-corrected chi connectivity index (χ0v) is 14.3. The van der Waals surface area contributed by atoms with Gasteiger partial charge in [0.25, 0.3) is 0 Å². The molecule has 1 aromatic carbocycles. The van der Waals surface area contributed by atoms with Crippen LogP contribution < -0.4 is 10.6 Å². The molecule has 3 rings (SSSR count). The van der Waals surface area contributed by atoms with Crippen LogP contribution in [0.2, 0.25) is 4.34 Å². The lowest BCUT2D eigenvalue weighted by Crippen LogP contribution is -2.36. The molecule has 2 heterocycles. The van der Waals surface area contributed by atoms with Gasteiger partial charge in [-0.15, -0.1) is 11.3 Å². The smallest absolute Gasteiger partial charge is 0.315 e. The molecule has 0 aliphatic heterocycles. The second-order valence-corrected chi connectivity index (χ2v) is 6.87. The molecule has 0 atom stereocenters. The number of urea groups is 1. The van der Waals surface area contributed by atoms with E-state index in [1.807, 2.05) is 36.4 Å². The average Bonchev–Trinajstić information content (AvgIpc) is 3.25. The highest BCUT2D eigenvalue weighted by molar-refractivity contribution is 7.16. The number of nitrogens with one attached hydrogen (secondary N) is 2. The molecule has 0 fully saturated rings. The number of benzene rings is 1. The minimum absolute atomic E-state index is 0.182. The van der Waals surface area contributed by atoms with Crippen LogP contribution >= 0.6 is 22.9 Å². The van der Waals surface area contributed by atoms with Crippen LogP contribution in [0.4, 0.5) is 4.79 Å². The van der Waals surface area contributed by atoms with Crippen LogP contribution in [0, 0.1) is 0 Å². The van der Waals surface area contributed by atoms with Crippen molar-refractivity contribution in [1.29, 1.82) is 0 Å². The molecule has 0 saturated heterocycles. The summed E-state index contributed by atoms with van der Waals surface area (Å²) in [5.74, 6) is 0. The fourth-order valence-electron chi connectivity index (χ4n) is 2.14. The molecule has 2 aromatic heterocycles. The van der Waals surface area contributed by atoms with Crippen LogP contribution in [0.3, 0.4) is 0 Å². The lowest BCUT2D eigenvalue weighted by Gasteiger charge is -2.08. The molecule has 6 nitrogen and oxygen atoms in total. The molecule has 3 aromatic rings. The zero-order valence-electron chi connectivity index (χ0n) is 12.8. The molecule has 124 valence electrons. The van der Waals surface area contributed by atoms with Crippen molar-refractivity contribution in [3.63, 3.8) is 0 Å². The van der Waals surface area contributed by atoms with E-state index >= 15 is 0 Å². The van der Waals surface area contributed by atoms with Crippen molar-refractivity contribution in [2.45, 2.75) is 13.0 Å². The normalized spacial score (nSPS) is 10.5. The number of hydrogen-bond donors (Lipinski definition) is 2. The first-order valence-corrected chi connectivity index (χ1v) is 8.60. The molecule has 0 spiro atoms. The number of halogens is 1. The summed E-state index contributed by atoms with van der Waals surface area (Å²) in [6, 6.07) is 11.4. The summed E-state index contributed by atoms with van der Waals surface area (Å²) in [6.45, 7) is 1.04. The first kappa shape index (κ1) is 16.5. The Hall–Kier alpha value is -2.38. The van der Waals surface area contributed by atoms with Gasteiger partial charge in [0.05, 0.1) is 10.0 Å². The van der Waals surface area contributed by atoms with Gasteiger partial charge in [0.1, 0.15) is 12.7 Å². The minimum atomic E-state index is -0.182. The van der Waals surface area contributed by atoms with Crippen LogP contribution in [-0.2, 0) is 13.0 Å². The molecule has 8 heteroatoms. The molecule has 2 amide bonds. The van der Waals surface area contributed by atoms with Crippen molar-refractivity contribution in [2.75, 3.05) is 6.54 Å². The summed E-state index contributed by atoms with van der Waals surface area (Å²) in [7, 11) is 0. The van der Waals surface area contributed by atoms with E-state index in [4.69, 9.17) is 11.6 Å². The molecule has 0 bridgehead atoms. The first-order chi connectivity index (χ1) is 11.7. The lowest BCUT2D eigenvalue weighted by atomic mass is 10.2. The van der Waals surface area contributed by atoms with Crippen molar-refractivity contribution in [1.82, 2.24) is 25.4 Å². The molecule has 0 unspecified atom stereocenters. The summed E-state index contributed by atoms with van der Waals surface area (Å²) in [4.78, 5) is 16.9. The molecule has 0 aliphatic carbocycles. The number of carbonyl (C=O) groups is 1. The van der Waals surface area contributed by atoms with Gasteiger partial charge in [0, 0.05) is 18.0 Å². The highest BCUT2D eigenvalue weighted by atomic mass is 35.5. The Labute approximate surface area is 148 Å². The summed E-state index contributed by atoms with van der Waals surface area (Å²) in [5, 5.41) is 9.74. The van der Waals surface area contributed by atoms with Crippen LogP contribution in [-0.4, -0.2) is 27.3 Å². The van der Waals surface area contributed by atoms with Crippen molar-refractivity contribution >= 4 is 29.0 Å². The fourth-order valence-corrected chi connectivity index (χ4v) is 3.23. The average molecular weight is 362 g/mol. The van der Waals surface area contributed by atoms with Gasteiger partial charge in [-0.1, -0.05) is 23.7 Å². The third kappa shape index (κ3) is 4.56. The Kier molecular flexibility index (Phi) is 5.45. The molecular weight excluding hydrogens is 346 g/mol. The topological polar surface area (TPSA) is 71.8 Å². The van der Waals surface area contributed by atoms with Gasteiger partial charge < -0.3 is 10.6 Å². The van der Waals surface area contributed by atoms with Crippen LogP contribution in [0.1, 0.15) is 10.4 Å². The maximum absolute atomic E-state index is 11.8. The van der Waals surface area contributed by atoms with Gasteiger partial charge in [0.2, 0.25) is 0 Å². The second kappa shape index (κ2) is 7.94. The number of thiophene rings is 1. The van der Waals surface area contributed by atoms with Crippen LogP contribution in [0.25, 0.3) is 5.69 Å². The third-order valence-electron chi connectivity index (χ3n) is 3.36. The number of hydrogen-bond acceptors (Lipinski definition) is 4. The fraction of sp³-hybridized carbons (Fsp3) is 0.188. The maximum atomic E-state index is 11.8. The monoisotopic (exact) mass is 361 g/mol. The van der Waals surface area contributed by atoms with E-state index in [-0.39, 0.29) is 6.03 Å². The van der Waals surface area contributed by atoms with Crippen LogP contribution in [0.5, 0.6) is 0 Å². The molecule has 0 aliphatic rings. The van der Waals surface area contributed by atoms with Gasteiger partial charge >= 0.3 is 6.03 Å². The SMILES string of the molecule is O=C(NCCc1ccc(Cl)s1)NCc1ccc(-n2cncn2)cc1. The Morgan fingerprint density at radius 2 is 2.00 bits per heavy atom. The first-order valence-electron chi connectivity index (χ1n) is 7.40. The number of carbonyl (C=O) groups excluding carboxylic acids is 1. The van der Waals surface area contributed by atoms with Gasteiger partial charge in [-0.05, 0) is 36.2 Å². The molecule has 24 heavy (non-hydrogen) atoms. The largest absolute Gasteiger partial charge is 0.338 e. The Morgan fingerprint density at radius 3 is 2.67 bits per heavy atom. The Bertz CT molecular complexity index is 785. The van der Waals surface area contributed by atoms with Gasteiger partial charge in [-0.2, -0.15) is 5.10 Å². The van der Waals surface area contributed by atoms with E-state index in [1.165, 1.54) is 17.7 Å². The summed E-state index contributed by atoms with van der Waals surface area (Å²) < 4.78 is 2.45. The summed E-state index contributed by atoms with van der Waals surface area (Å²) in [6.07, 6.45) is 3.91. The highest BCUT2D eigenvalue weighted by Gasteiger charge is 2.03. The number of nitrogens with zero attached hydrogens (tertiary/aromatic N) is 3. The number of amides is 2. The van der Waals surface area contributed by atoms with Crippen molar-refractivity contribution < 1.29 is 4.79 Å². The third-order valence-corrected chi connectivity index (χ3v) is 4.65. The summed E-state index contributed by atoms with van der Waals surface area (Å²) in [5.41, 5.74) is 1.94. The van der Waals surface area contributed by atoms with Crippen molar-refractivity contribution in [3.8, 4) is 5.69 Å². The Balaban J connectivity index is 1.41. The molecule has 2 N–H and O–H groups in total. The lowest BCUT2D eigenvalue weighted by molar-refractivity contribution is 0.240. The van der Waals surface area contributed by atoms with E-state index in [9.17, 15) is 4.79 Å². The van der Waals surface area contributed by atoms with Gasteiger partial charge in [-0.25, -0.2) is 14.5 Å². The molecule has 0 radical (unpaired) electrons. The zero-order chi connectivity index (χ0) is 16.8. The van der Waals surface area contributed by atoms with Gasteiger partial charge in [0.15, 0.2) is 0 Å².